The van der Waals surface area contributed by atoms with Crippen molar-refractivity contribution >= 4 is 23.2 Å². The molecule has 1 aromatic rings. The lowest BCUT2D eigenvalue weighted by Gasteiger charge is -2.46. The third-order valence-electron chi connectivity index (χ3n) is 5.77. The highest BCUT2D eigenvalue weighted by Crippen LogP contribution is 2.46. The molecule has 0 spiro atoms. The van der Waals surface area contributed by atoms with Gasteiger partial charge in [-0.25, -0.2) is 4.39 Å². The number of hydrogen-bond acceptors (Lipinski definition) is 5. The second-order valence-electron chi connectivity index (χ2n) is 8.06. The number of carbonyl (C=O) groups excluding carboxylic acids is 1. The third-order valence-corrected chi connectivity index (χ3v) is 6.99. The molecule has 2 N–H and O–H groups in total. The van der Waals surface area contributed by atoms with Gasteiger partial charge in [-0.15, -0.1) is 11.3 Å². The number of amides is 1. The van der Waals surface area contributed by atoms with Crippen LogP contribution in [0.1, 0.15) is 43.4 Å². The molecule has 29 heavy (non-hydrogen) atoms. The lowest BCUT2D eigenvalue weighted by molar-refractivity contribution is -0.133. The first-order valence-electron chi connectivity index (χ1n) is 9.20. The fourth-order valence-corrected chi connectivity index (χ4v) is 4.92. The average molecular weight is 412 g/mol. The van der Waals surface area contributed by atoms with Crippen molar-refractivity contribution in [3.05, 3.63) is 44.9 Å². The molecular weight excluding hydrogens is 389 g/mol. The maximum Gasteiger partial charge on any atom is 0.238 e. The van der Waals surface area contributed by atoms with Crippen LogP contribution >= 0.6 is 11.3 Å². The molecule has 1 aliphatic carbocycles. The lowest BCUT2D eigenvalue weighted by atomic mass is 9.71. The molecule has 0 aromatic carbocycles. The van der Waals surface area contributed by atoms with Gasteiger partial charge in [0, 0.05) is 11.9 Å². The Morgan fingerprint density at radius 2 is 2.07 bits per heavy atom. The van der Waals surface area contributed by atoms with Crippen LogP contribution in [-0.4, -0.2) is 23.8 Å². The van der Waals surface area contributed by atoms with Crippen LogP contribution in [0.15, 0.2) is 35.2 Å². The van der Waals surface area contributed by atoms with Crippen molar-refractivity contribution in [3.63, 3.8) is 0 Å². The van der Waals surface area contributed by atoms with Gasteiger partial charge in [0.05, 0.1) is 22.9 Å². The summed E-state index contributed by atoms with van der Waals surface area (Å²) in [6.45, 7) is 5.17. The summed E-state index contributed by atoms with van der Waals surface area (Å²) in [5.74, 6) is -1.55. The molecule has 1 saturated heterocycles. The molecule has 0 saturated carbocycles. The van der Waals surface area contributed by atoms with E-state index in [0.29, 0.717) is 28.9 Å². The molecule has 1 amide bonds. The summed E-state index contributed by atoms with van der Waals surface area (Å²) in [4.78, 5) is 15.7. The molecule has 2 aliphatic rings. The number of carbonyl (C=O) groups is 1. The van der Waals surface area contributed by atoms with Crippen LogP contribution in [0.4, 0.5) is 4.39 Å². The van der Waals surface area contributed by atoms with Crippen molar-refractivity contribution in [1.29, 1.82) is 15.9 Å². The summed E-state index contributed by atoms with van der Waals surface area (Å²) in [7, 11) is 1.51. The van der Waals surface area contributed by atoms with Gasteiger partial charge < -0.3 is 5.32 Å². The van der Waals surface area contributed by atoms with E-state index in [4.69, 9.17) is 5.41 Å². The van der Waals surface area contributed by atoms with E-state index < -0.39 is 22.7 Å². The minimum atomic E-state index is -0.977. The van der Waals surface area contributed by atoms with Crippen molar-refractivity contribution in [2.45, 2.75) is 39.2 Å². The highest BCUT2D eigenvalue weighted by Gasteiger charge is 2.50. The Hall–Kier alpha value is -2.97. The monoisotopic (exact) mass is 411 g/mol. The van der Waals surface area contributed by atoms with Crippen molar-refractivity contribution < 1.29 is 9.18 Å². The predicted molar refractivity (Wildman–Crippen MR) is 108 cm³/mol. The molecule has 6 nitrogen and oxygen atoms in total. The molecule has 1 aliphatic heterocycles. The number of rotatable bonds is 3. The predicted octanol–water partition coefficient (Wildman–Crippen LogP) is 3.94. The van der Waals surface area contributed by atoms with Gasteiger partial charge in [0.15, 0.2) is 5.96 Å². The molecule has 3 rings (SSSR count). The largest absolute Gasteiger partial charge is 0.345 e. The molecule has 2 atom stereocenters. The smallest absolute Gasteiger partial charge is 0.238 e. The summed E-state index contributed by atoms with van der Waals surface area (Å²) in [6.07, 6.45) is 2.17. The highest BCUT2D eigenvalue weighted by molar-refractivity contribution is 7.12. The molecule has 0 unspecified atom stereocenters. The summed E-state index contributed by atoms with van der Waals surface area (Å²) in [5, 5.41) is 29.8. The van der Waals surface area contributed by atoms with E-state index in [2.05, 4.69) is 17.5 Å². The number of nitrogens with one attached hydrogen (secondary N) is 2. The van der Waals surface area contributed by atoms with Crippen molar-refractivity contribution in [2.24, 2.45) is 11.3 Å². The van der Waals surface area contributed by atoms with Crippen LogP contribution in [0.3, 0.4) is 0 Å². The second-order valence-corrected chi connectivity index (χ2v) is 9.15. The van der Waals surface area contributed by atoms with Gasteiger partial charge in [-0.1, -0.05) is 5.57 Å². The molecule has 8 heteroatoms. The summed E-state index contributed by atoms with van der Waals surface area (Å²) >= 11 is 1.25. The van der Waals surface area contributed by atoms with E-state index in [1.165, 1.54) is 29.4 Å². The fraction of sp³-hybridized carbons (Fsp3) is 0.429. The summed E-state index contributed by atoms with van der Waals surface area (Å²) in [6, 6.07) is 7.68. The molecule has 0 radical (unpaired) electrons. The summed E-state index contributed by atoms with van der Waals surface area (Å²) < 4.78 is 15.0. The zero-order chi connectivity index (χ0) is 21.6. The first-order chi connectivity index (χ1) is 13.5. The van der Waals surface area contributed by atoms with Crippen LogP contribution in [0.2, 0.25) is 0 Å². The minimum absolute atomic E-state index is 0.0422. The number of allylic oxidation sites excluding steroid dienone is 3. The Balaban J connectivity index is 2.13. The van der Waals surface area contributed by atoms with E-state index in [9.17, 15) is 19.7 Å². The molecule has 0 bridgehead atoms. The van der Waals surface area contributed by atoms with Gasteiger partial charge in [0.2, 0.25) is 5.91 Å². The molecular formula is C21H22FN5OS. The molecule has 150 valence electrons. The number of thiophene rings is 1. The van der Waals surface area contributed by atoms with Gasteiger partial charge in [-0.05, 0) is 57.4 Å². The molecule has 1 fully saturated rings. The SMILES string of the molecule is CN1C(=N)N[C@](C)(c2ccc(C#N)s2)[C@H](C2=CC(F)=C(C(C)(C)C#N)CC2)C1=O. The first-order valence-corrected chi connectivity index (χ1v) is 10.0. The lowest BCUT2D eigenvalue weighted by Crippen LogP contribution is -2.64. The highest BCUT2D eigenvalue weighted by atomic mass is 32.1. The number of halogens is 1. The second kappa shape index (κ2) is 7.13. The summed E-state index contributed by atoms with van der Waals surface area (Å²) in [5.41, 5.74) is -0.843. The van der Waals surface area contributed by atoms with Crippen LogP contribution in [0.5, 0.6) is 0 Å². The Kier molecular flexibility index (Phi) is 5.10. The van der Waals surface area contributed by atoms with Crippen molar-refractivity contribution in [1.82, 2.24) is 10.2 Å². The van der Waals surface area contributed by atoms with Crippen LogP contribution < -0.4 is 5.32 Å². The number of nitriles is 2. The fourth-order valence-electron chi connectivity index (χ4n) is 3.98. The van der Waals surface area contributed by atoms with Crippen molar-refractivity contribution in [3.8, 4) is 12.1 Å². The van der Waals surface area contributed by atoms with E-state index >= 15 is 0 Å². The third kappa shape index (κ3) is 3.34. The Labute approximate surface area is 173 Å². The zero-order valence-corrected chi connectivity index (χ0v) is 17.6. The molecule has 1 aromatic heterocycles. The average Bonchev–Trinajstić information content (AvgIpc) is 3.16. The Bertz CT molecular complexity index is 1040. The number of nitrogens with zero attached hydrogens (tertiary/aromatic N) is 3. The number of hydrogen-bond donors (Lipinski definition) is 2. The topological polar surface area (TPSA) is 104 Å². The molecule has 2 heterocycles. The van der Waals surface area contributed by atoms with Crippen LogP contribution in [0, 0.1) is 39.4 Å². The maximum atomic E-state index is 15.0. The standard InChI is InChI=1S/C21H22FN5OS/c1-20(2,11-24)14-7-5-12(9-15(14)22)17-18(28)27(4)19(25)26-21(17,3)16-8-6-13(10-23)29-16/h6,8-9,17H,5,7H2,1-4H3,(H2,25,26)/t17-,21-/m1/s1. The first kappa shape index (κ1) is 20.8. The number of guanidine groups is 1. The minimum Gasteiger partial charge on any atom is -0.345 e. The van der Waals surface area contributed by atoms with E-state index in [1.54, 1.807) is 32.9 Å². The van der Waals surface area contributed by atoms with E-state index in [0.717, 1.165) is 4.88 Å². The van der Waals surface area contributed by atoms with Gasteiger partial charge in [0.1, 0.15) is 16.8 Å². The van der Waals surface area contributed by atoms with Crippen LogP contribution in [-0.2, 0) is 10.3 Å². The normalized spacial score (nSPS) is 25.3. The Morgan fingerprint density at radius 1 is 1.38 bits per heavy atom. The zero-order valence-electron chi connectivity index (χ0n) is 16.8. The maximum absolute atomic E-state index is 15.0. The van der Waals surface area contributed by atoms with E-state index in [-0.39, 0.29) is 11.9 Å². The van der Waals surface area contributed by atoms with Gasteiger partial charge >= 0.3 is 0 Å². The Morgan fingerprint density at radius 3 is 2.62 bits per heavy atom. The van der Waals surface area contributed by atoms with Crippen LogP contribution in [0.25, 0.3) is 0 Å². The van der Waals surface area contributed by atoms with E-state index in [1.807, 2.05) is 0 Å². The van der Waals surface area contributed by atoms with Gasteiger partial charge in [0.25, 0.3) is 0 Å². The van der Waals surface area contributed by atoms with Crippen molar-refractivity contribution in [2.75, 3.05) is 7.05 Å². The van der Waals surface area contributed by atoms with Gasteiger partial charge in [-0.2, -0.15) is 10.5 Å². The van der Waals surface area contributed by atoms with Gasteiger partial charge in [-0.3, -0.25) is 15.1 Å². The quantitative estimate of drug-likeness (QED) is 0.786.